The van der Waals surface area contributed by atoms with Gasteiger partial charge in [0.25, 0.3) is 5.91 Å². The molecule has 0 saturated carbocycles. The number of rotatable bonds is 10. The number of hydrogen-bond donors (Lipinski definition) is 2. The minimum atomic E-state index is -0.635. The molecule has 0 aliphatic rings. The van der Waals surface area contributed by atoms with Gasteiger partial charge in [-0.1, -0.05) is 0 Å². The number of amides is 1. The highest BCUT2D eigenvalue weighted by Gasteiger charge is 2.10. The van der Waals surface area contributed by atoms with Crippen LogP contribution in [-0.4, -0.2) is 55.8 Å². The van der Waals surface area contributed by atoms with Gasteiger partial charge in [-0.3, -0.25) is 9.48 Å². The maximum absolute atomic E-state index is 10.9. The van der Waals surface area contributed by atoms with E-state index in [4.69, 9.17) is 25.7 Å². The molecule has 1 aromatic rings. The van der Waals surface area contributed by atoms with Crippen molar-refractivity contribution in [3.05, 3.63) is 11.9 Å². The summed E-state index contributed by atoms with van der Waals surface area (Å²) in [5.74, 6) is -0.635. The van der Waals surface area contributed by atoms with Crippen molar-refractivity contribution in [3.8, 4) is 0 Å². The number of nitrogen functional groups attached to an aromatic ring is 1. The number of ether oxygens (including phenoxy) is 3. The van der Waals surface area contributed by atoms with Crippen molar-refractivity contribution in [1.29, 1.82) is 0 Å². The number of aromatic nitrogens is 2. The third-order valence-corrected chi connectivity index (χ3v) is 2.29. The van der Waals surface area contributed by atoms with Crippen LogP contribution in [0.3, 0.4) is 0 Å². The van der Waals surface area contributed by atoms with E-state index in [1.807, 2.05) is 0 Å². The Bertz CT molecular complexity index is 394. The van der Waals surface area contributed by atoms with Crippen molar-refractivity contribution in [2.45, 2.75) is 6.54 Å². The summed E-state index contributed by atoms with van der Waals surface area (Å²) in [6.07, 6.45) is 1.55. The number of primary amides is 1. The Kier molecular flexibility index (Phi) is 6.86. The van der Waals surface area contributed by atoms with Gasteiger partial charge < -0.3 is 25.7 Å². The molecule has 1 heterocycles. The quantitative estimate of drug-likeness (QED) is 0.541. The molecule has 0 aliphatic carbocycles. The van der Waals surface area contributed by atoms with Crippen molar-refractivity contribution < 1.29 is 19.0 Å². The third-order valence-electron chi connectivity index (χ3n) is 2.29. The highest BCUT2D eigenvalue weighted by molar-refractivity contribution is 5.95. The normalized spacial score (nSPS) is 10.8. The lowest BCUT2D eigenvalue weighted by Gasteiger charge is -2.05. The molecule has 0 spiro atoms. The molecule has 1 rings (SSSR count). The van der Waals surface area contributed by atoms with Crippen LogP contribution >= 0.6 is 0 Å². The van der Waals surface area contributed by atoms with Gasteiger partial charge in [0.1, 0.15) is 0 Å². The number of nitrogens with zero attached hydrogens (tertiary/aromatic N) is 2. The predicted octanol–water partition coefficient (Wildman–Crippen LogP) is -0.756. The van der Waals surface area contributed by atoms with Crippen molar-refractivity contribution in [3.63, 3.8) is 0 Å². The first-order valence-corrected chi connectivity index (χ1v) is 5.92. The summed E-state index contributed by atoms with van der Waals surface area (Å²) in [5, 5.41) is 3.96. The SMILES string of the molecule is COCCOCCOCCn1cc(N)c(C(N)=O)n1. The average molecular weight is 272 g/mol. The Hall–Kier alpha value is -1.64. The summed E-state index contributed by atoms with van der Waals surface area (Å²) in [7, 11) is 1.62. The molecule has 0 radical (unpaired) electrons. The third kappa shape index (κ3) is 5.69. The van der Waals surface area contributed by atoms with E-state index in [1.165, 1.54) is 4.68 Å². The molecular weight excluding hydrogens is 252 g/mol. The lowest BCUT2D eigenvalue weighted by atomic mass is 10.4. The number of carbonyl (C=O) groups is 1. The molecule has 108 valence electrons. The van der Waals surface area contributed by atoms with E-state index >= 15 is 0 Å². The topological polar surface area (TPSA) is 115 Å². The van der Waals surface area contributed by atoms with Gasteiger partial charge in [0.05, 0.1) is 45.3 Å². The van der Waals surface area contributed by atoms with Gasteiger partial charge in [0.2, 0.25) is 0 Å². The fourth-order valence-corrected chi connectivity index (χ4v) is 1.37. The lowest BCUT2D eigenvalue weighted by Crippen LogP contribution is -2.15. The maximum atomic E-state index is 10.9. The van der Waals surface area contributed by atoms with E-state index in [9.17, 15) is 4.79 Å². The molecule has 1 aromatic heterocycles. The summed E-state index contributed by atoms with van der Waals surface area (Å²) >= 11 is 0. The van der Waals surface area contributed by atoms with Crippen LogP contribution in [0.25, 0.3) is 0 Å². The Morgan fingerprint density at radius 3 is 2.47 bits per heavy atom. The molecule has 0 atom stereocenters. The van der Waals surface area contributed by atoms with Crippen LogP contribution in [0, 0.1) is 0 Å². The van der Waals surface area contributed by atoms with Crippen LogP contribution in [0.1, 0.15) is 10.5 Å². The fraction of sp³-hybridized carbons (Fsp3) is 0.636. The maximum Gasteiger partial charge on any atom is 0.271 e. The summed E-state index contributed by atoms with van der Waals surface area (Å²) in [5.41, 5.74) is 11.1. The number of methoxy groups -OCH3 is 1. The van der Waals surface area contributed by atoms with E-state index in [0.29, 0.717) is 39.6 Å². The first kappa shape index (κ1) is 15.4. The van der Waals surface area contributed by atoms with Crippen molar-refractivity contribution in [1.82, 2.24) is 9.78 Å². The van der Waals surface area contributed by atoms with Crippen LogP contribution < -0.4 is 11.5 Å². The van der Waals surface area contributed by atoms with Crippen molar-refractivity contribution >= 4 is 11.6 Å². The van der Waals surface area contributed by atoms with Crippen LogP contribution in [0.4, 0.5) is 5.69 Å². The number of carbonyl (C=O) groups excluding carboxylic acids is 1. The second kappa shape index (κ2) is 8.46. The minimum absolute atomic E-state index is 0.0860. The van der Waals surface area contributed by atoms with Crippen LogP contribution in [-0.2, 0) is 20.8 Å². The highest BCUT2D eigenvalue weighted by Crippen LogP contribution is 2.07. The van der Waals surface area contributed by atoms with E-state index in [2.05, 4.69) is 5.10 Å². The van der Waals surface area contributed by atoms with Crippen molar-refractivity contribution in [2.75, 3.05) is 45.9 Å². The number of nitrogens with two attached hydrogens (primary N) is 2. The molecule has 8 heteroatoms. The summed E-state index contributed by atoms with van der Waals surface area (Å²) in [4.78, 5) is 10.9. The molecule has 0 saturated heterocycles. The van der Waals surface area contributed by atoms with Gasteiger partial charge in [-0.15, -0.1) is 0 Å². The molecule has 0 fully saturated rings. The van der Waals surface area contributed by atoms with Crippen molar-refractivity contribution in [2.24, 2.45) is 5.73 Å². The Morgan fingerprint density at radius 1 is 1.26 bits per heavy atom. The Balaban J connectivity index is 2.12. The summed E-state index contributed by atoms with van der Waals surface area (Å²) < 4.78 is 16.9. The van der Waals surface area contributed by atoms with Crippen LogP contribution in [0.5, 0.6) is 0 Å². The zero-order valence-corrected chi connectivity index (χ0v) is 11.0. The zero-order chi connectivity index (χ0) is 14.1. The molecular formula is C11H20N4O4. The second-order valence-electron chi connectivity index (χ2n) is 3.78. The van der Waals surface area contributed by atoms with Gasteiger partial charge in [-0.05, 0) is 0 Å². The summed E-state index contributed by atoms with van der Waals surface area (Å²) in [6.45, 7) is 3.07. The number of hydrogen-bond acceptors (Lipinski definition) is 6. The second-order valence-corrected chi connectivity index (χ2v) is 3.78. The van der Waals surface area contributed by atoms with Gasteiger partial charge in [-0.2, -0.15) is 5.10 Å². The number of anilines is 1. The molecule has 0 unspecified atom stereocenters. The Labute approximate surface area is 111 Å². The molecule has 8 nitrogen and oxygen atoms in total. The van der Waals surface area contributed by atoms with Gasteiger partial charge in [0, 0.05) is 13.3 Å². The highest BCUT2D eigenvalue weighted by atomic mass is 16.5. The zero-order valence-electron chi connectivity index (χ0n) is 11.0. The lowest BCUT2D eigenvalue weighted by molar-refractivity contribution is 0.0225. The average Bonchev–Trinajstić information content (AvgIpc) is 2.74. The first-order chi connectivity index (χ1) is 9.15. The van der Waals surface area contributed by atoms with Crippen LogP contribution in [0.2, 0.25) is 0 Å². The molecule has 4 N–H and O–H groups in total. The van der Waals surface area contributed by atoms with Gasteiger partial charge in [-0.25, -0.2) is 0 Å². The largest absolute Gasteiger partial charge is 0.396 e. The standard InChI is InChI=1S/C11H20N4O4/c1-17-4-5-19-7-6-18-3-2-15-8-9(12)10(14-15)11(13)16/h8H,2-7,12H2,1H3,(H2,13,16). The molecule has 0 aliphatic heterocycles. The van der Waals surface area contributed by atoms with Gasteiger partial charge in [0.15, 0.2) is 5.69 Å². The van der Waals surface area contributed by atoms with Gasteiger partial charge >= 0.3 is 0 Å². The fourth-order valence-electron chi connectivity index (χ4n) is 1.37. The monoisotopic (exact) mass is 272 g/mol. The summed E-state index contributed by atoms with van der Waals surface area (Å²) in [6, 6.07) is 0. The molecule has 19 heavy (non-hydrogen) atoms. The minimum Gasteiger partial charge on any atom is -0.396 e. The van der Waals surface area contributed by atoms with E-state index < -0.39 is 5.91 Å². The molecule has 0 aromatic carbocycles. The van der Waals surface area contributed by atoms with E-state index in [0.717, 1.165) is 0 Å². The predicted molar refractivity (Wildman–Crippen MR) is 68.7 cm³/mol. The van der Waals surface area contributed by atoms with Crippen LogP contribution in [0.15, 0.2) is 6.20 Å². The Morgan fingerprint density at radius 2 is 1.89 bits per heavy atom. The first-order valence-electron chi connectivity index (χ1n) is 5.92. The van der Waals surface area contributed by atoms with E-state index in [-0.39, 0.29) is 11.4 Å². The van der Waals surface area contributed by atoms with E-state index in [1.54, 1.807) is 13.3 Å². The smallest absolute Gasteiger partial charge is 0.271 e. The molecule has 0 bridgehead atoms. The molecule has 1 amide bonds.